The van der Waals surface area contributed by atoms with Gasteiger partial charge in [0.25, 0.3) is 0 Å². The first kappa shape index (κ1) is 22.8. The van der Waals surface area contributed by atoms with Crippen LogP contribution < -0.4 is 16.0 Å². The molecule has 1 amide bonds. The third-order valence-electron chi connectivity index (χ3n) is 4.53. The van der Waals surface area contributed by atoms with Crippen LogP contribution in [0.4, 0.5) is 0 Å². The van der Waals surface area contributed by atoms with Crippen LogP contribution in [0.2, 0.25) is 0 Å². The topological polar surface area (TPSA) is 76.6 Å². The molecule has 0 aliphatic carbocycles. The lowest BCUT2D eigenvalue weighted by Crippen LogP contribution is -2.43. The van der Waals surface area contributed by atoms with Gasteiger partial charge in [-0.25, -0.2) is 0 Å². The van der Waals surface area contributed by atoms with E-state index in [1.54, 1.807) is 0 Å². The summed E-state index contributed by atoms with van der Waals surface area (Å²) in [5, 5.41) is 19.0. The molecular weight excluding hydrogens is 328 g/mol. The first-order valence-electron chi connectivity index (χ1n) is 10.0. The maximum atomic E-state index is 12.4. The van der Waals surface area contributed by atoms with Gasteiger partial charge < -0.3 is 21.1 Å². The molecule has 1 saturated heterocycles. The van der Waals surface area contributed by atoms with Gasteiger partial charge in [0, 0.05) is 45.9 Å². The molecule has 6 nitrogen and oxygen atoms in total. The first-order chi connectivity index (χ1) is 12.7. The van der Waals surface area contributed by atoms with E-state index >= 15 is 0 Å². The van der Waals surface area contributed by atoms with Crippen LogP contribution in [0, 0.1) is 5.92 Å². The molecule has 0 aromatic carbocycles. The van der Waals surface area contributed by atoms with Crippen molar-refractivity contribution in [1.82, 2.24) is 20.9 Å². The van der Waals surface area contributed by atoms with E-state index in [0.717, 1.165) is 52.1 Å². The Kier molecular flexibility index (Phi) is 13.1. The summed E-state index contributed by atoms with van der Waals surface area (Å²) in [6, 6.07) is 0. The number of nitrogens with zero attached hydrogens (tertiary/aromatic N) is 1. The molecule has 0 aromatic rings. The molecule has 0 radical (unpaired) electrons. The van der Waals surface area contributed by atoms with Crippen LogP contribution in [-0.4, -0.2) is 74.9 Å². The van der Waals surface area contributed by atoms with Gasteiger partial charge in [0.2, 0.25) is 5.91 Å². The van der Waals surface area contributed by atoms with Gasteiger partial charge in [0.15, 0.2) is 0 Å². The molecule has 1 aliphatic rings. The van der Waals surface area contributed by atoms with Crippen molar-refractivity contribution < 1.29 is 9.90 Å². The first-order valence-corrected chi connectivity index (χ1v) is 10.0. The minimum absolute atomic E-state index is 0.0364. The minimum Gasteiger partial charge on any atom is -0.396 e. The van der Waals surface area contributed by atoms with Crippen LogP contribution in [0.3, 0.4) is 0 Å². The van der Waals surface area contributed by atoms with E-state index in [4.69, 9.17) is 0 Å². The fourth-order valence-electron chi connectivity index (χ4n) is 3.16. The molecule has 1 heterocycles. The van der Waals surface area contributed by atoms with E-state index in [9.17, 15) is 9.90 Å². The van der Waals surface area contributed by atoms with Crippen LogP contribution in [-0.2, 0) is 4.79 Å². The molecule has 1 atom stereocenters. The molecular formula is C20H38N4O2. The third kappa shape index (κ3) is 10.1. The van der Waals surface area contributed by atoms with Gasteiger partial charge in [-0.05, 0) is 44.8 Å². The highest BCUT2D eigenvalue weighted by atomic mass is 16.3. The van der Waals surface area contributed by atoms with E-state index < -0.39 is 0 Å². The molecule has 1 aliphatic heterocycles. The second kappa shape index (κ2) is 14.9. The van der Waals surface area contributed by atoms with Crippen LogP contribution >= 0.6 is 0 Å². The van der Waals surface area contributed by atoms with Crippen molar-refractivity contribution in [2.45, 2.75) is 33.1 Å². The summed E-state index contributed by atoms with van der Waals surface area (Å²) in [5.74, 6) is -0.135. The summed E-state index contributed by atoms with van der Waals surface area (Å²) < 4.78 is 0. The summed E-state index contributed by atoms with van der Waals surface area (Å²) in [4.78, 5) is 14.8. The molecule has 0 aromatic heterocycles. The Bertz CT molecular complexity index is 438. The zero-order valence-electron chi connectivity index (χ0n) is 16.6. The van der Waals surface area contributed by atoms with Gasteiger partial charge in [0.1, 0.15) is 0 Å². The number of carbonyl (C=O) groups excluding carboxylic acids is 1. The third-order valence-corrected chi connectivity index (χ3v) is 4.53. The van der Waals surface area contributed by atoms with Crippen molar-refractivity contribution >= 4 is 5.91 Å². The fourth-order valence-corrected chi connectivity index (χ4v) is 3.16. The second-order valence-electron chi connectivity index (χ2n) is 6.77. The Balaban J connectivity index is 2.66. The maximum Gasteiger partial charge on any atom is 0.224 e. The minimum atomic E-state index is -0.171. The van der Waals surface area contributed by atoms with Crippen molar-refractivity contribution in [2.24, 2.45) is 5.92 Å². The fraction of sp³-hybridized carbons (Fsp3) is 0.750. The average molecular weight is 367 g/mol. The molecule has 0 saturated carbocycles. The molecule has 1 rings (SSSR count). The highest BCUT2D eigenvalue weighted by Crippen LogP contribution is 2.05. The largest absolute Gasteiger partial charge is 0.396 e. The van der Waals surface area contributed by atoms with Crippen LogP contribution in [0.25, 0.3) is 0 Å². The Hall–Kier alpha value is -1.21. The summed E-state index contributed by atoms with van der Waals surface area (Å²) in [5.41, 5.74) is 1.33. The van der Waals surface area contributed by atoms with Gasteiger partial charge in [-0.2, -0.15) is 0 Å². The molecule has 0 bridgehead atoms. The number of rotatable bonds is 6. The molecule has 150 valence electrons. The lowest BCUT2D eigenvalue weighted by Gasteiger charge is -2.25. The zero-order chi connectivity index (χ0) is 19.0. The highest BCUT2D eigenvalue weighted by molar-refractivity contribution is 5.78. The summed E-state index contributed by atoms with van der Waals surface area (Å²) in [6.07, 6.45) is 9.15. The predicted octanol–water partition coefficient (Wildman–Crippen LogP) is 0.899. The van der Waals surface area contributed by atoms with Crippen molar-refractivity contribution in [3.8, 4) is 0 Å². The number of nitrogens with one attached hydrogen (secondary N) is 3. The van der Waals surface area contributed by atoms with Crippen molar-refractivity contribution in [3.63, 3.8) is 0 Å². The monoisotopic (exact) mass is 366 g/mol. The van der Waals surface area contributed by atoms with E-state index in [-0.39, 0.29) is 18.4 Å². The summed E-state index contributed by atoms with van der Waals surface area (Å²) >= 11 is 0. The van der Waals surface area contributed by atoms with Gasteiger partial charge in [-0.1, -0.05) is 25.2 Å². The zero-order valence-corrected chi connectivity index (χ0v) is 16.6. The van der Waals surface area contributed by atoms with E-state index in [0.29, 0.717) is 19.5 Å². The van der Waals surface area contributed by atoms with Crippen LogP contribution in [0.5, 0.6) is 0 Å². The second-order valence-corrected chi connectivity index (χ2v) is 6.77. The Morgan fingerprint density at radius 3 is 2.77 bits per heavy atom. The van der Waals surface area contributed by atoms with Gasteiger partial charge in [0.05, 0.1) is 5.92 Å². The van der Waals surface area contributed by atoms with Crippen LogP contribution in [0.15, 0.2) is 23.8 Å². The molecule has 26 heavy (non-hydrogen) atoms. The van der Waals surface area contributed by atoms with E-state index in [2.05, 4.69) is 46.0 Å². The predicted molar refractivity (Wildman–Crippen MR) is 108 cm³/mol. The van der Waals surface area contributed by atoms with Gasteiger partial charge in [-0.3, -0.25) is 9.69 Å². The highest BCUT2D eigenvalue weighted by Gasteiger charge is 2.17. The standard InChI is InChI=1S/C20H38N4O2/c1-3-6-18(7-4-2)17-24-13-5-9-21-10-11-22-16-19(8-15-25)20(26)23-12-14-24/h3,6-7,19,21-22,25H,4-5,8-17H2,1-2H3,(H,23,26)/b6-3-,18-7+. The van der Waals surface area contributed by atoms with Crippen molar-refractivity contribution in [3.05, 3.63) is 23.8 Å². The lowest BCUT2D eigenvalue weighted by molar-refractivity contribution is -0.125. The normalized spacial score (nSPS) is 23.0. The molecule has 0 spiro atoms. The van der Waals surface area contributed by atoms with Gasteiger partial charge >= 0.3 is 0 Å². The molecule has 1 unspecified atom stereocenters. The number of hydrogen-bond donors (Lipinski definition) is 4. The van der Waals surface area contributed by atoms with Crippen molar-refractivity contribution in [2.75, 3.05) is 59.0 Å². The number of allylic oxidation sites excluding steroid dienone is 2. The number of amides is 1. The summed E-state index contributed by atoms with van der Waals surface area (Å²) in [7, 11) is 0. The quantitative estimate of drug-likeness (QED) is 0.526. The number of carbonyl (C=O) groups is 1. The Morgan fingerprint density at radius 2 is 2.04 bits per heavy atom. The molecule has 6 heteroatoms. The van der Waals surface area contributed by atoms with E-state index in [1.807, 2.05) is 6.92 Å². The maximum absolute atomic E-state index is 12.4. The number of aliphatic hydroxyl groups is 1. The Labute approximate surface area is 159 Å². The number of aliphatic hydroxyl groups excluding tert-OH is 1. The summed E-state index contributed by atoms with van der Waals surface area (Å²) in [6.45, 7) is 11.0. The average Bonchev–Trinajstić information content (AvgIpc) is 2.62. The molecule has 4 N–H and O–H groups in total. The van der Waals surface area contributed by atoms with E-state index in [1.165, 1.54) is 5.57 Å². The van der Waals surface area contributed by atoms with Crippen LogP contribution in [0.1, 0.15) is 33.1 Å². The number of hydrogen-bond acceptors (Lipinski definition) is 5. The van der Waals surface area contributed by atoms with Crippen molar-refractivity contribution in [1.29, 1.82) is 0 Å². The Morgan fingerprint density at radius 1 is 1.23 bits per heavy atom. The molecule has 1 fully saturated rings. The SMILES string of the molecule is C/C=C\C(=C/CC)CN1CCCNCCNCC(CCO)C(=O)NCC1. The van der Waals surface area contributed by atoms with Gasteiger partial charge in [-0.15, -0.1) is 0 Å². The smallest absolute Gasteiger partial charge is 0.224 e. The lowest BCUT2D eigenvalue weighted by atomic mass is 10.1.